The van der Waals surface area contributed by atoms with E-state index in [9.17, 15) is 4.79 Å². The molecule has 0 bridgehead atoms. The van der Waals surface area contributed by atoms with E-state index in [1.807, 2.05) is 13.0 Å². The quantitative estimate of drug-likeness (QED) is 0.809. The number of likely N-dealkylation sites (N-methyl/N-ethyl adjacent to an activating group) is 1. The van der Waals surface area contributed by atoms with Gasteiger partial charge in [-0.1, -0.05) is 0 Å². The number of nitrogens with zero attached hydrogens (tertiary/aromatic N) is 1. The first-order chi connectivity index (χ1) is 8.01. The Bertz CT molecular complexity index is 415. The summed E-state index contributed by atoms with van der Waals surface area (Å²) in [6, 6.07) is 5.44. The molecule has 1 aromatic carbocycles. The van der Waals surface area contributed by atoms with Gasteiger partial charge in [0.2, 0.25) is 0 Å². The molecular weight excluding hydrogens is 367 g/mol. The summed E-state index contributed by atoms with van der Waals surface area (Å²) in [6.07, 6.45) is 0. The molecule has 102 valence electrons. The number of carbonyl (C=O) groups excluding carboxylic acids is 1. The topological polar surface area (TPSA) is 55.6 Å². The highest BCUT2D eigenvalue weighted by Gasteiger charge is 2.18. The van der Waals surface area contributed by atoms with Crippen LogP contribution in [0.25, 0.3) is 0 Å². The van der Waals surface area contributed by atoms with Gasteiger partial charge < -0.3 is 15.4 Å². The lowest BCUT2D eigenvalue weighted by molar-refractivity contribution is 0.0747. The van der Waals surface area contributed by atoms with Gasteiger partial charge in [0.25, 0.3) is 5.91 Å². The summed E-state index contributed by atoms with van der Waals surface area (Å²) in [7, 11) is 3.37. The second kappa shape index (κ2) is 7.81. The van der Waals surface area contributed by atoms with Crippen LogP contribution in [0.5, 0.6) is 5.75 Å². The van der Waals surface area contributed by atoms with E-state index in [0.717, 1.165) is 9.32 Å². The first kappa shape index (κ1) is 17.5. The molecule has 0 fully saturated rings. The fourth-order valence-electron chi connectivity index (χ4n) is 1.34. The molecule has 0 heterocycles. The monoisotopic (exact) mass is 384 g/mol. The van der Waals surface area contributed by atoms with Crippen LogP contribution in [-0.4, -0.2) is 37.6 Å². The summed E-state index contributed by atoms with van der Waals surface area (Å²) in [5, 5.41) is 0. The van der Waals surface area contributed by atoms with Crippen LogP contribution in [0.1, 0.15) is 17.3 Å². The van der Waals surface area contributed by atoms with Crippen molar-refractivity contribution in [3.05, 3.63) is 27.3 Å². The van der Waals surface area contributed by atoms with Crippen LogP contribution in [0.2, 0.25) is 0 Å². The Morgan fingerprint density at radius 3 is 2.61 bits per heavy atom. The number of methoxy groups -OCH3 is 1. The molecule has 1 amide bonds. The molecule has 0 aliphatic heterocycles. The second-order valence-corrected chi connectivity index (χ2v) is 5.01. The van der Waals surface area contributed by atoms with E-state index in [-0.39, 0.29) is 24.4 Å². The van der Waals surface area contributed by atoms with Crippen molar-refractivity contribution in [3.63, 3.8) is 0 Å². The van der Waals surface area contributed by atoms with Crippen molar-refractivity contribution >= 4 is 40.9 Å². The third-order valence-electron chi connectivity index (χ3n) is 2.73. The van der Waals surface area contributed by atoms with Crippen molar-refractivity contribution in [2.75, 3.05) is 20.7 Å². The molecule has 0 spiro atoms. The van der Waals surface area contributed by atoms with Gasteiger partial charge in [0.15, 0.2) is 0 Å². The van der Waals surface area contributed by atoms with Gasteiger partial charge in [-0.3, -0.25) is 4.79 Å². The third kappa shape index (κ3) is 4.00. The summed E-state index contributed by atoms with van der Waals surface area (Å²) in [5.74, 6) is 0.732. The molecule has 6 heteroatoms. The van der Waals surface area contributed by atoms with Crippen LogP contribution >= 0.6 is 35.0 Å². The number of nitrogens with two attached hydrogens (primary N) is 1. The maximum absolute atomic E-state index is 12.2. The van der Waals surface area contributed by atoms with E-state index in [1.54, 1.807) is 31.2 Å². The number of benzene rings is 1. The Morgan fingerprint density at radius 2 is 2.17 bits per heavy atom. The van der Waals surface area contributed by atoms with Crippen LogP contribution in [0, 0.1) is 3.57 Å². The van der Waals surface area contributed by atoms with E-state index >= 15 is 0 Å². The van der Waals surface area contributed by atoms with Crippen molar-refractivity contribution in [2.24, 2.45) is 5.73 Å². The smallest absolute Gasteiger partial charge is 0.254 e. The van der Waals surface area contributed by atoms with Crippen LogP contribution in [0.3, 0.4) is 0 Å². The minimum absolute atomic E-state index is 0. The van der Waals surface area contributed by atoms with Crippen molar-refractivity contribution < 1.29 is 9.53 Å². The lowest BCUT2D eigenvalue weighted by atomic mass is 10.1. The molecule has 0 aliphatic carbocycles. The van der Waals surface area contributed by atoms with Crippen LogP contribution < -0.4 is 10.5 Å². The molecule has 1 atom stereocenters. The standard InChI is InChI=1S/C12H17IN2O2.ClH/c1-8(7-14)15(2)12(16)10-5-4-9(17-3)6-11(10)13;/h4-6,8H,7,14H2,1-3H3;1H. The van der Waals surface area contributed by atoms with E-state index in [1.165, 1.54) is 0 Å². The Balaban J connectivity index is 0.00000289. The number of amides is 1. The number of halogens is 2. The van der Waals surface area contributed by atoms with Crippen molar-refractivity contribution in [1.82, 2.24) is 4.90 Å². The number of rotatable bonds is 4. The van der Waals surface area contributed by atoms with Gasteiger partial charge in [-0.15, -0.1) is 12.4 Å². The zero-order chi connectivity index (χ0) is 13.0. The van der Waals surface area contributed by atoms with E-state index in [4.69, 9.17) is 10.5 Å². The maximum Gasteiger partial charge on any atom is 0.254 e. The van der Waals surface area contributed by atoms with E-state index in [0.29, 0.717) is 12.1 Å². The lowest BCUT2D eigenvalue weighted by Gasteiger charge is -2.24. The normalized spacial score (nSPS) is 11.4. The lowest BCUT2D eigenvalue weighted by Crippen LogP contribution is -2.40. The van der Waals surface area contributed by atoms with Gasteiger partial charge in [-0.2, -0.15) is 0 Å². The Hall–Kier alpha value is -0.530. The molecule has 0 aromatic heterocycles. The summed E-state index contributed by atoms with van der Waals surface area (Å²) >= 11 is 2.13. The van der Waals surface area contributed by atoms with Crippen LogP contribution in [0.15, 0.2) is 18.2 Å². The van der Waals surface area contributed by atoms with Crippen LogP contribution in [-0.2, 0) is 0 Å². The van der Waals surface area contributed by atoms with Gasteiger partial charge in [-0.05, 0) is 47.7 Å². The molecule has 1 rings (SSSR count). The molecule has 2 N–H and O–H groups in total. The highest BCUT2D eigenvalue weighted by molar-refractivity contribution is 14.1. The Kier molecular flexibility index (Phi) is 7.58. The molecule has 1 unspecified atom stereocenters. The Morgan fingerprint density at radius 1 is 1.56 bits per heavy atom. The predicted molar refractivity (Wildman–Crippen MR) is 83.6 cm³/mol. The summed E-state index contributed by atoms with van der Waals surface area (Å²) in [5.41, 5.74) is 6.23. The van der Waals surface area contributed by atoms with E-state index in [2.05, 4.69) is 22.6 Å². The molecule has 0 aliphatic rings. The first-order valence-corrected chi connectivity index (χ1v) is 6.40. The number of ether oxygens (including phenoxy) is 1. The Labute approximate surface area is 127 Å². The SMILES string of the molecule is COc1ccc(C(=O)N(C)C(C)CN)c(I)c1.Cl. The predicted octanol–water partition coefficient (Wildman–Crippen LogP) is 2.14. The van der Waals surface area contributed by atoms with Gasteiger partial charge >= 0.3 is 0 Å². The van der Waals surface area contributed by atoms with Crippen molar-refractivity contribution in [1.29, 1.82) is 0 Å². The van der Waals surface area contributed by atoms with E-state index < -0.39 is 0 Å². The maximum atomic E-state index is 12.2. The first-order valence-electron chi connectivity index (χ1n) is 5.32. The molecule has 0 saturated carbocycles. The van der Waals surface area contributed by atoms with Gasteiger partial charge in [0.1, 0.15) is 5.75 Å². The summed E-state index contributed by atoms with van der Waals surface area (Å²) in [4.78, 5) is 13.8. The fraction of sp³-hybridized carbons (Fsp3) is 0.417. The molecule has 1 aromatic rings. The minimum atomic E-state index is -0.0185. The summed E-state index contributed by atoms with van der Waals surface area (Å²) in [6.45, 7) is 2.38. The van der Waals surface area contributed by atoms with Gasteiger partial charge in [0.05, 0.1) is 12.7 Å². The third-order valence-corrected chi connectivity index (χ3v) is 3.62. The average Bonchev–Trinajstić information content (AvgIpc) is 2.35. The zero-order valence-corrected chi connectivity index (χ0v) is 13.6. The summed E-state index contributed by atoms with van der Waals surface area (Å²) < 4.78 is 5.99. The number of hydrogen-bond donors (Lipinski definition) is 1. The zero-order valence-electron chi connectivity index (χ0n) is 10.6. The largest absolute Gasteiger partial charge is 0.497 e. The minimum Gasteiger partial charge on any atom is -0.497 e. The highest BCUT2D eigenvalue weighted by Crippen LogP contribution is 2.21. The fourth-order valence-corrected chi connectivity index (χ4v) is 2.06. The van der Waals surface area contributed by atoms with Gasteiger partial charge in [-0.25, -0.2) is 0 Å². The average molecular weight is 385 g/mol. The molecule has 18 heavy (non-hydrogen) atoms. The van der Waals surface area contributed by atoms with Crippen molar-refractivity contribution in [3.8, 4) is 5.75 Å². The molecule has 0 radical (unpaired) electrons. The highest BCUT2D eigenvalue weighted by atomic mass is 127. The second-order valence-electron chi connectivity index (χ2n) is 3.85. The van der Waals surface area contributed by atoms with Crippen molar-refractivity contribution in [2.45, 2.75) is 13.0 Å². The molecule has 0 saturated heterocycles. The molecular formula is C12H18ClIN2O2. The molecule has 4 nitrogen and oxygen atoms in total. The number of carbonyl (C=O) groups is 1. The number of hydrogen-bond acceptors (Lipinski definition) is 3. The van der Waals surface area contributed by atoms with Gasteiger partial charge in [0, 0.05) is 23.2 Å². The van der Waals surface area contributed by atoms with Crippen LogP contribution in [0.4, 0.5) is 0 Å².